The molecule has 0 saturated carbocycles. The van der Waals surface area contributed by atoms with Gasteiger partial charge in [-0.1, -0.05) is 6.92 Å². The highest BCUT2D eigenvalue weighted by Gasteiger charge is 2.31. The zero-order valence-corrected chi connectivity index (χ0v) is 9.95. The number of ether oxygens (including phenoxy) is 1. The maximum Gasteiger partial charge on any atom is 0.227 e. The number of rotatable bonds is 5. The van der Waals surface area contributed by atoms with Crippen LogP contribution in [-0.2, 0) is 9.53 Å². The number of nitrogens with zero attached hydrogens (tertiary/aromatic N) is 1. The Hall–Kier alpha value is -0.610. The predicted molar refractivity (Wildman–Crippen MR) is 59.7 cm³/mol. The molecule has 15 heavy (non-hydrogen) atoms. The predicted octanol–water partition coefficient (Wildman–Crippen LogP) is 0.337. The van der Waals surface area contributed by atoms with E-state index in [1.165, 1.54) is 0 Å². The van der Waals surface area contributed by atoms with Crippen LogP contribution in [0, 0.1) is 11.8 Å². The second-order valence-corrected chi connectivity index (χ2v) is 4.15. The quantitative estimate of drug-likeness (QED) is 0.717. The minimum atomic E-state index is 0.154. The zero-order chi connectivity index (χ0) is 11.3. The molecule has 1 amide bonds. The Bertz CT molecular complexity index is 209. The van der Waals surface area contributed by atoms with E-state index in [4.69, 9.17) is 4.74 Å². The van der Waals surface area contributed by atoms with Crippen molar-refractivity contribution in [1.29, 1.82) is 0 Å². The number of hydrogen-bond acceptors (Lipinski definition) is 3. The van der Waals surface area contributed by atoms with Crippen molar-refractivity contribution in [1.82, 2.24) is 10.2 Å². The molecule has 0 aromatic carbocycles. The molecule has 0 aliphatic carbocycles. The molecular formula is C11H22N2O2. The molecule has 2 atom stereocenters. The van der Waals surface area contributed by atoms with Crippen molar-refractivity contribution in [2.45, 2.75) is 13.8 Å². The van der Waals surface area contributed by atoms with E-state index in [1.807, 2.05) is 11.8 Å². The van der Waals surface area contributed by atoms with E-state index in [0.29, 0.717) is 19.1 Å². The van der Waals surface area contributed by atoms with Crippen molar-refractivity contribution < 1.29 is 9.53 Å². The lowest BCUT2D eigenvalue weighted by Gasteiger charge is -2.25. The standard InChI is InChI=1S/C11H22N2O2/c1-4-13(5-6-15-3)11(14)10-8-12-7-9(10)2/h9-10,12H,4-8H2,1-3H3/t9-,10-/m1/s1. The third-order valence-electron chi connectivity index (χ3n) is 3.09. The van der Waals surface area contributed by atoms with E-state index < -0.39 is 0 Å². The summed E-state index contributed by atoms with van der Waals surface area (Å²) in [4.78, 5) is 14.0. The van der Waals surface area contributed by atoms with E-state index in [0.717, 1.165) is 19.6 Å². The topological polar surface area (TPSA) is 41.6 Å². The van der Waals surface area contributed by atoms with Crippen molar-refractivity contribution in [2.24, 2.45) is 11.8 Å². The molecule has 1 N–H and O–H groups in total. The van der Waals surface area contributed by atoms with E-state index in [2.05, 4.69) is 12.2 Å². The van der Waals surface area contributed by atoms with Crippen LogP contribution in [0.2, 0.25) is 0 Å². The maximum atomic E-state index is 12.1. The molecule has 4 heteroatoms. The van der Waals surface area contributed by atoms with E-state index in [-0.39, 0.29) is 11.8 Å². The summed E-state index contributed by atoms with van der Waals surface area (Å²) < 4.78 is 5.00. The molecule has 0 aromatic rings. The van der Waals surface area contributed by atoms with Crippen LogP contribution >= 0.6 is 0 Å². The first-order valence-electron chi connectivity index (χ1n) is 5.69. The zero-order valence-electron chi connectivity index (χ0n) is 9.95. The Kier molecular flexibility index (Phi) is 5.05. The fourth-order valence-electron chi connectivity index (χ4n) is 2.00. The van der Waals surface area contributed by atoms with Gasteiger partial charge < -0.3 is 15.0 Å². The van der Waals surface area contributed by atoms with Crippen LogP contribution in [-0.4, -0.2) is 50.7 Å². The van der Waals surface area contributed by atoms with Crippen LogP contribution in [0.15, 0.2) is 0 Å². The van der Waals surface area contributed by atoms with Gasteiger partial charge in [-0.25, -0.2) is 0 Å². The lowest BCUT2D eigenvalue weighted by molar-refractivity contribution is -0.136. The van der Waals surface area contributed by atoms with Gasteiger partial charge in [-0.15, -0.1) is 0 Å². The Labute approximate surface area is 92.0 Å². The second kappa shape index (κ2) is 6.08. The third kappa shape index (κ3) is 3.18. The van der Waals surface area contributed by atoms with Gasteiger partial charge in [0.25, 0.3) is 0 Å². The average Bonchev–Trinajstić information content (AvgIpc) is 2.65. The SMILES string of the molecule is CCN(CCOC)C(=O)[C@@H]1CNC[C@H]1C. The number of carbonyl (C=O) groups excluding carboxylic acids is 1. The van der Waals surface area contributed by atoms with Gasteiger partial charge in [-0.05, 0) is 19.4 Å². The van der Waals surface area contributed by atoms with E-state index in [1.54, 1.807) is 7.11 Å². The molecular weight excluding hydrogens is 192 g/mol. The maximum absolute atomic E-state index is 12.1. The summed E-state index contributed by atoms with van der Waals surface area (Å²) in [7, 11) is 1.66. The first-order chi connectivity index (χ1) is 7.20. The molecule has 4 nitrogen and oxygen atoms in total. The van der Waals surface area contributed by atoms with Crippen molar-refractivity contribution in [2.75, 3.05) is 39.9 Å². The average molecular weight is 214 g/mol. The molecule has 0 radical (unpaired) electrons. The fourth-order valence-corrected chi connectivity index (χ4v) is 2.00. The molecule has 0 unspecified atom stereocenters. The Morgan fingerprint density at radius 3 is 2.73 bits per heavy atom. The van der Waals surface area contributed by atoms with Crippen LogP contribution in [0.25, 0.3) is 0 Å². The summed E-state index contributed by atoms with van der Waals surface area (Å²) in [6.45, 7) is 8.02. The highest BCUT2D eigenvalue weighted by molar-refractivity contribution is 5.79. The number of nitrogens with one attached hydrogen (secondary N) is 1. The summed E-state index contributed by atoms with van der Waals surface area (Å²) >= 11 is 0. The number of methoxy groups -OCH3 is 1. The molecule has 0 aromatic heterocycles. The fraction of sp³-hybridized carbons (Fsp3) is 0.909. The first-order valence-corrected chi connectivity index (χ1v) is 5.69. The van der Waals surface area contributed by atoms with Gasteiger partial charge in [0.2, 0.25) is 5.91 Å². The monoisotopic (exact) mass is 214 g/mol. The van der Waals surface area contributed by atoms with Gasteiger partial charge in [0.1, 0.15) is 0 Å². The van der Waals surface area contributed by atoms with Gasteiger partial charge in [0.05, 0.1) is 12.5 Å². The van der Waals surface area contributed by atoms with E-state index in [9.17, 15) is 4.79 Å². The summed E-state index contributed by atoms with van der Waals surface area (Å²) in [5.41, 5.74) is 0. The molecule has 1 heterocycles. The molecule has 1 aliphatic rings. The summed E-state index contributed by atoms with van der Waals surface area (Å²) in [5.74, 6) is 0.878. The molecule has 1 saturated heterocycles. The molecule has 1 fully saturated rings. The van der Waals surface area contributed by atoms with Crippen molar-refractivity contribution >= 4 is 5.91 Å². The largest absolute Gasteiger partial charge is 0.383 e. The van der Waals surface area contributed by atoms with Crippen LogP contribution < -0.4 is 5.32 Å². The lowest BCUT2D eigenvalue weighted by Crippen LogP contribution is -2.40. The Morgan fingerprint density at radius 1 is 1.53 bits per heavy atom. The van der Waals surface area contributed by atoms with Crippen LogP contribution in [0.4, 0.5) is 0 Å². The first kappa shape index (κ1) is 12.5. The Morgan fingerprint density at radius 2 is 2.27 bits per heavy atom. The Balaban J connectivity index is 2.48. The van der Waals surface area contributed by atoms with Crippen LogP contribution in [0.5, 0.6) is 0 Å². The minimum absolute atomic E-state index is 0.154. The molecule has 88 valence electrons. The van der Waals surface area contributed by atoms with Crippen molar-refractivity contribution in [3.8, 4) is 0 Å². The van der Waals surface area contributed by atoms with Crippen molar-refractivity contribution in [3.05, 3.63) is 0 Å². The van der Waals surface area contributed by atoms with Crippen LogP contribution in [0.3, 0.4) is 0 Å². The highest BCUT2D eigenvalue weighted by Crippen LogP contribution is 2.18. The normalized spacial score (nSPS) is 25.5. The second-order valence-electron chi connectivity index (χ2n) is 4.15. The molecule has 0 bridgehead atoms. The van der Waals surface area contributed by atoms with Gasteiger partial charge in [0.15, 0.2) is 0 Å². The third-order valence-corrected chi connectivity index (χ3v) is 3.09. The van der Waals surface area contributed by atoms with Crippen molar-refractivity contribution in [3.63, 3.8) is 0 Å². The van der Waals surface area contributed by atoms with Crippen LogP contribution in [0.1, 0.15) is 13.8 Å². The van der Waals surface area contributed by atoms with E-state index >= 15 is 0 Å². The molecule has 1 aliphatic heterocycles. The minimum Gasteiger partial charge on any atom is -0.383 e. The number of amides is 1. The van der Waals surface area contributed by atoms with Gasteiger partial charge in [0, 0.05) is 26.7 Å². The smallest absolute Gasteiger partial charge is 0.227 e. The molecule has 1 rings (SSSR count). The van der Waals surface area contributed by atoms with Gasteiger partial charge in [-0.3, -0.25) is 4.79 Å². The van der Waals surface area contributed by atoms with Gasteiger partial charge >= 0.3 is 0 Å². The highest BCUT2D eigenvalue weighted by atomic mass is 16.5. The summed E-state index contributed by atoms with van der Waals surface area (Å²) in [6, 6.07) is 0. The van der Waals surface area contributed by atoms with Gasteiger partial charge in [-0.2, -0.15) is 0 Å². The lowest BCUT2D eigenvalue weighted by atomic mass is 9.96. The summed E-state index contributed by atoms with van der Waals surface area (Å²) in [5, 5.41) is 3.26. The number of likely N-dealkylation sites (N-methyl/N-ethyl adjacent to an activating group) is 1. The molecule has 0 spiro atoms. The number of hydrogen-bond donors (Lipinski definition) is 1. The summed E-state index contributed by atoms with van der Waals surface area (Å²) in [6.07, 6.45) is 0. The number of carbonyl (C=O) groups is 1.